The fourth-order valence-corrected chi connectivity index (χ4v) is 1.63. The van der Waals surface area contributed by atoms with Crippen LogP contribution < -0.4 is 5.73 Å². The van der Waals surface area contributed by atoms with Gasteiger partial charge in [-0.15, -0.1) is 0 Å². The third-order valence-corrected chi connectivity index (χ3v) is 2.88. The third kappa shape index (κ3) is 3.63. The molecular weight excluding hydrogens is 228 g/mol. The van der Waals surface area contributed by atoms with Crippen molar-refractivity contribution in [3.63, 3.8) is 0 Å². The summed E-state index contributed by atoms with van der Waals surface area (Å²) in [5.74, 6) is 1.90. The Bertz CT molecular complexity index is 469. The maximum absolute atomic E-state index is 5.57. The van der Waals surface area contributed by atoms with Crippen molar-refractivity contribution in [2.24, 2.45) is 11.7 Å². The van der Waals surface area contributed by atoms with Crippen molar-refractivity contribution < 1.29 is 4.52 Å². The van der Waals surface area contributed by atoms with Gasteiger partial charge in [0.05, 0.1) is 0 Å². The topological polar surface area (TPSA) is 77.8 Å². The van der Waals surface area contributed by atoms with E-state index in [1.54, 1.807) is 12.4 Å². The van der Waals surface area contributed by atoms with Gasteiger partial charge in [-0.05, 0) is 36.6 Å². The molecule has 1 atom stereocenters. The number of nitrogens with two attached hydrogens (primary N) is 1. The van der Waals surface area contributed by atoms with Crippen molar-refractivity contribution in [2.45, 2.75) is 26.2 Å². The molecule has 0 aromatic carbocycles. The number of pyridine rings is 1. The van der Waals surface area contributed by atoms with Gasteiger partial charge < -0.3 is 10.3 Å². The second-order valence-corrected chi connectivity index (χ2v) is 4.52. The summed E-state index contributed by atoms with van der Waals surface area (Å²) in [5, 5.41) is 3.98. The SMILES string of the molecule is CC(CN)CCc1nc(Cc2ccncc2)no1. The molecule has 2 aromatic rings. The number of hydrogen-bond donors (Lipinski definition) is 1. The number of aromatic nitrogens is 3. The lowest BCUT2D eigenvalue weighted by Gasteiger charge is -2.03. The Hall–Kier alpha value is -1.75. The van der Waals surface area contributed by atoms with E-state index in [1.807, 2.05) is 12.1 Å². The van der Waals surface area contributed by atoms with Gasteiger partial charge in [0.1, 0.15) is 0 Å². The highest BCUT2D eigenvalue weighted by Gasteiger charge is 2.08. The molecular formula is C13H18N4O. The predicted molar refractivity (Wildman–Crippen MR) is 67.9 cm³/mol. The molecule has 0 saturated heterocycles. The molecule has 0 aliphatic carbocycles. The summed E-state index contributed by atoms with van der Waals surface area (Å²) in [5.41, 5.74) is 6.70. The molecule has 1 unspecified atom stereocenters. The predicted octanol–water partition coefficient (Wildman–Crippen LogP) is 1.58. The van der Waals surface area contributed by atoms with Crippen LogP contribution in [0, 0.1) is 5.92 Å². The first-order chi connectivity index (χ1) is 8.78. The van der Waals surface area contributed by atoms with E-state index in [4.69, 9.17) is 10.3 Å². The summed E-state index contributed by atoms with van der Waals surface area (Å²) in [7, 11) is 0. The molecule has 18 heavy (non-hydrogen) atoms. The first kappa shape index (κ1) is 12.7. The van der Waals surface area contributed by atoms with E-state index in [1.165, 1.54) is 0 Å². The van der Waals surface area contributed by atoms with Crippen LogP contribution in [-0.4, -0.2) is 21.7 Å². The fourth-order valence-electron chi connectivity index (χ4n) is 1.63. The van der Waals surface area contributed by atoms with Crippen molar-refractivity contribution >= 4 is 0 Å². The highest BCUT2D eigenvalue weighted by Crippen LogP contribution is 2.09. The molecule has 0 amide bonds. The Morgan fingerprint density at radius 3 is 2.83 bits per heavy atom. The lowest BCUT2D eigenvalue weighted by atomic mass is 10.1. The maximum atomic E-state index is 5.57. The Labute approximate surface area is 106 Å². The van der Waals surface area contributed by atoms with Crippen LogP contribution in [-0.2, 0) is 12.8 Å². The van der Waals surface area contributed by atoms with E-state index in [9.17, 15) is 0 Å². The molecule has 5 heteroatoms. The van der Waals surface area contributed by atoms with E-state index in [2.05, 4.69) is 22.0 Å². The van der Waals surface area contributed by atoms with Crippen LogP contribution in [0.4, 0.5) is 0 Å². The van der Waals surface area contributed by atoms with E-state index < -0.39 is 0 Å². The normalized spacial score (nSPS) is 12.6. The number of rotatable bonds is 6. The number of aryl methyl sites for hydroxylation is 1. The van der Waals surface area contributed by atoms with E-state index in [0.717, 1.165) is 24.2 Å². The number of hydrogen-bond acceptors (Lipinski definition) is 5. The zero-order valence-corrected chi connectivity index (χ0v) is 10.5. The van der Waals surface area contributed by atoms with Gasteiger partial charge in [-0.25, -0.2) is 0 Å². The summed E-state index contributed by atoms with van der Waals surface area (Å²) in [6, 6.07) is 3.90. The van der Waals surface area contributed by atoms with Crippen LogP contribution in [0.3, 0.4) is 0 Å². The first-order valence-electron chi connectivity index (χ1n) is 6.18. The summed E-state index contributed by atoms with van der Waals surface area (Å²) in [6.07, 6.45) is 5.98. The molecule has 2 N–H and O–H groups in total. The van der Waals surface area contributed by atoms with Gasteiger partial charge in [-0.3, -0.25) is 4.98 Å². The molecule has 0 aliphatic rings. The van der Waals surface area contributed by atoms with Gasteiger partial charge >= 0.3 is 0 Å². The third-order valence-electron chi connectivity index (χ3n) is 2.88. The van der Waals surface area contributed by atoms with Gasteiger partial charge in [-0.1, -0.05) is 12.1 Å². The van der Waals surface area contributed by atoms with Crippen LogP contribution in [0.15, 0.2) is 29.0 Å². The monoisotopic (exact) mass is 246 g/mol. The van der Waals surface area contributed by atoms with Crippen LogP contribution in [0.2, 0.25) is 0 Å². The smallest absolute Gasteiger partial charge is 0.226 e. The minimum absolute atomic E-state index is 0.487. The average molecular weight is 246 g/mol. The van der Waals surface area contributed by atoms with E-state index in [0.29, 0.717) is 24.8 Å². The second-order valence-electron chi connectivity index (χ2n) is 4.52. The minimum Gasteiger partial charge on any atom is -0.339 e. The van der Waals surface area contributed by atoms with Crippen LogP contribution in [0.25, 0.3) is 0 Å². The molecule has 2 rings (SSSR count). The average Bonchev–Trinajstić information content (AvgIpc) is 2.85. The Balaban J connectivity index is 1.90. The lowest BCUT2D eigenvalue weighted by molar-refractivity contribution is 0.362. The summed E-state index contributed by atoms with van der Waals surface area (Å²) in [4.78, 5) is 8.35. The quantitative estimate of drug-likeness (QED) is 0.837. The van der Waals surface area contributed by atoms with E-state index >= 15 is 0 Å². The van der Waals surface area contributed by atoms with Gasteiger partial charge in [0.25, 0.3) is 0 Å². The van der Waals surface area contributed by atoms with Gasteiger partial charge in [0.2, 0.25) is 5.89 Å². The maximum Gasteiger partial charge on any atom is 0.226 e. The molecule has 96 valence electrons. The summed E-state index contributed by atoms with van der Waals surface area (Å²) >= 11 is 0. The number of nitrogens with zero attached hydrogens (tertiary/aromatic N) is 3. The van der Waals surface area contributed by atoms with Crippen LogP contribution >= 0.6 is 0 Å². The zero-order valence-electron chi connectivity index (χ0n) is 10.5. The lowest BCUT2D eigenvalue weighted by Crippen LogP contribution is -2.11. The van der Waals surface area contributed by atoms with Crippen molar-refractivity contribution in [2.75, 3.05) is 6.54 Å². The van der Waals surface area contributed by atoms with Gasteiger partial charge in [0, 0.05) is 25.2 Å². The highest BCUT2D eigenvalue weighted by molar-refractivity contribution is 5.14. The molecule has 0 aliphatic heterocycles. The Morgan fingerprint density at radius 1 is 1.33 bits per heavy atom. The minimum atomic E-state index is 0.487. The second kappa shape index (κ2) is 6.26. The first-order valence-corrected chi connectivity index (χ1v) is 6.18. The van der Waals surface area contributed by atoms with Crippen LogP contribution in [0.1, 0.15) is 30.6 Å². The molecule has 0 fully saturated rings. The zero-order chi connectivity index (χ0) is 12.8. The van der Waals surface area contributed by atoms with Crippen molar-refractivity contribution in [3.05, 3.63) is 41.8 Å². The molecule has 0 spiro atoms. The fraction of sp³-hybridized carbons (Fsp3) is 0.462. The van der Waals surface area contributed by atoms with Gasteiger partial charge in [-0.2, -0.15) is 4.98 Å². The molecule has 0 radical (unpaired) electrons. The highest BCUT2D eigenvalue weighted by atomic mass is 16.5. The van der Waals surface area contributed by atoms with Crippen LogP contribution in [0.5, 0.6) is 0 Å². The van der Waals surface area contributed by atoms with Crippen molar-refractivity contribution in [1.82, 2.24) is 15.1 Å². The molecule has 5 nitrogen and oxygen atoms in total. The van der Waals surface area contributed by atoms with Crippen molar-refractivity contribution in [1.29, 1.82) is 0 Å². The molecule has 0 saturated carbocycles. The molecule has 2 heterocycles. The standard InChI is InChI=1S/C13H18N4O/c1-10(9-14)2-3-13-16-12(17-18-13)8-11-4-6-15-7-5-11/h4-7,10H,2-3,8-9,14H2,1H3. The summed E-state index contributed by atoms with van der Waals surface area (Å²) < 4.78 is 5.21. The molecule has 2 aromatic heterocycles. The van der Waals surface area contributed by atoms with Crippen molar-refractivity contribution in [3.8, 4) is 0 Å². The largest absolute Gasteiger partial charge is 0.339 e. The van der Waals surface area contributed by atoms with E-state index in [-0.39, 0.29) is 0 Å². The Morgan fingerprint density at radius 2 is 2.11 bits per heavy atom. The molecule has 0 bridgehead atoms. The Kier molecular flexibility index (Phi) is 4.41. The van der Waals surface area contributed by atoms with Gasteiger partial charge in [0.15, 0.2) is 5.82 Å². The summed E-state index contributed by atoms with van der Waals surface area (Å²) in [6.45, 7) is 2.81.